The van der Waals surface area contributed by atoms with Gasteiger partial charge in [-0.05, 0) is 66.1 Å². The van der Waals surface area contributed by atoms with Gasteiger partial charge in [0.1, 0.15) is 11.8 Å². The standard InChI is InChI=1S/C34H41N7O6/c1-21(2)16-28-27(33(44)41-46)4-3-15-47-26-12-9-22(10-13-26)17-29(39-32(28)43)34(45)38-19-24-7-5-23(6-8-24)18-37-31(42)25-11-14-30(40-35)36-20-25/h5-14,20-21,27-29,35,46H,3-4,15-19H2,1-2H3,(H,37,42)(H,38,45)(H,39,43)(H,41,44)/t27-,28+,29-/m0/s1. The zero-order valence-electron chi connectivity index (χ0n) is 26.5. The molecule has 47 heavy (non-hydrogen) atoms. The van der Waals surface area contributed by atoms with Gasteiger partial charge in [-0.3, -0.25) is 24.4 Å². The van der Waals surface area contributed by atoms with E-state index in [4.69, 9.17) is 10.3 Å². The minimum absolute atomic E-state index is 0.0826. The van der Waals surface area contributed by atoms with Crippen LogP contribution in [0.5, 0.6) is 5.75 Å². The Labute approximate surface area is 273 Å². The SMILES string of the molecule is CC(C)C[C@H]1C(=O)N[C@H](C(=O)NCc2ccc(CNC(=O)c3ccc(N=N)nc3)cc2)Cc2ccc(cc2)OCCC[C@@H]1C(=O)NO. The lowest BCUT2D eigenvalue weighted by Gasteiger charge is -2.29. The largest absolute Gasteiger partial charge is 0.494 e. The Balaban J connectivity index is 1.43. The average molecular weight is 644 g/mol. The van der Waals surface area contributed by atoms with Crippen molar-refractivity contribution in [3.05, 3.63) is 89.1 Å². The molecule has 13 nitrogen and oxygen atoms in total. The van der Waals surface area contributed by atoms with E-state index in [2.05, 4.69) is 26.0 Å². The van der Waals surface area contributed by atoms with Gasteiger partial charge in [0.05, 0.1) is 18.1 Å². The number of rotatable bonds is 10. The summed E-state index contributed by atoms with van der Waals surface area (Å²) in [5, 5.41) is 21.3. The molecule has 13 heteroatoms. The summed E-state index contributed by atoms with van der Waals surface area (Å²) in [6.07, 6.45) is 2.79. The molecule has 0 saturated heterocycles. The normalized spacial score (nSPS) is 18.3. The van der Waals surface area contributed by atoms with Crippen LogP contribution in [0.1, 0.15) is 60.2 Å². The van der Waals surface area contributed by atoms with E-state index in [0.29, 0.717) is 37.2 Å². The fourth-order valence-electron chi connectivity index (χ4n) is 5.46. The molecule has 1 aromatic heterocycles. The molecule has 0 aliphatic carbocycles. The lowest BCUT2D eigenvalue weighted by atomic mass is 9.81. The summed E-state index contributed by atoms with van der Waals surface area (Å²) in [4.78, 5) is 56.3. The number of carbonyl (C=O) groups excluding carboxylic acids is 4. The van der Waals surface area contributed by atoms with Crippen LogP contribution in [-0.4, -0.2) is 46.5 Å². The van der Waals surface area contributed by atoms with Crippen molar-refractivity contribution in [3.8, 4) is 5.75 Å². The van der Waals surface area contributed by atoms with E-state index in [1.807, 2.05) is 62.4 Å². The van der Waals surface area contributed by atoms with Gasteiger partial charge in [0.15, 0.2) is 5.82 Å². The summed E-state index contributed by atoms with van der Waals surface area (Å²) in [5.41, 5.74) is 11.5. The van der Waals surface area contributed by atoms with E-state index in [-0.39, 0.29) is 43.1 Å². The molecule has 3 aromatic rings. The zero-order valence-corrected chi connectivity index (χ0v) is 26.5. The lowest BCUT2D eigenvalue weighted by Crippen LogP contribution is -2.51. The van der Waals surface area contributed by atoms with Crippen molar-refractivity contribution in [2.75, 3.05) is 6.61 Å². The lowest BCUT2D eigenvalue weighted by molar-refractivity contribution is -0.142. The zero-order chi connectivity index (χ0) is 33.8. The predicted octanol–water partition coefficient (Wildman–Crippen LogP) is 3.97. The van der Waals surface area contributed by atoms with Gasteiger partial charge < -0.3 is 20.7 Å². The number of ether oxygens (including phenoxy) is 1. The number of hydrogen-bond donors (Lipinski definition) is 6. The maximum absolute atomic E-state index is 13.7. The number of pyridine rings is 1. The predicted molar refractivity (Wildman–Crippen MR) is 172 cm³/mol. The highest BCUT2D eigenvalue weighted by Gasteiger charge is 2.36. The van der Waals surface area contributed by atoms with Gasteiger partial charge in [-0.15, -0.1) is 5.11 Å². The number of benzene rings is 2. The van der Waals surface area contributed by atoms with Gasteiger partial charge in [-0.25, -0.2) is 16.0 Å². The summed E-state index contributed by atoms with van der Waals surface area (Å²) >= 11 is 0. The topological polar surface area (TPSA) is 195 Å². The Morgan fingerprint density at radius 1 is 1.00 bits per heavy atom. The van der Waals surface area contributed by atoms with Gasteiger partial charge in [0.25, 0.3) is 5.91 Å². The second kappa shape index (κ2) is 16.9. The number of hydroxylamine groups is 1. The first-order chi connectivity index (χ1) is 22.7. The summed E-state index contributed by atoms with van der Waals surface area (Å²) in [5.74, 6) is -2.36. The molecule has 0 unspecified atom stereocenters. The number of amides is 4. The van der Waals surface area contributed by atoms with Crippen LogP contribution in [0.15, 0.2) is 72.0 Å². The number of carbonyl (C=O) groups is 4. The summed E-state index contributed by atoms with van der Waals surface area (Å²) in [7, 11) is 0. The first-order valence-electron chi connectivity index (χ1n) is 15.6. The molecule has 3 heterocycles. The first kappa shape index (κ1) is 34.7. The van der Waals surface area contributed by atoms with Crippen LogP contribution >= 0.6 is 0 Å². The molecule has 0 fully saturated rings. The van der Waals surface area contributed by atoms with Crippen LogP contribution in [0.25, 0.3) is 0 Å². The van der Waals surface area contributed by atoms with E-state index >= 15 is 0 Å². The smallest absolute Gasteiger partial charge is 0.253 e. The average Bonchev–Trinajstić information content (AvgIpc) is 3.08. The van der Waals surface area contributed by atoms with Gasteiger partial charge in [0.2, 0.25) is 17.7 Å². The summed E-state index contributed by atoms with van der Waals surface area (Å²) in [6, 6.07) is 16.8. The highest BCUT2D eigenvalue weighted by atomic mass is 16.5. The minimum atomic E-state index is -0.919. The molecule has 248 valence electrons. The van der Waals surface area contributed by atoms with E-state index < -0.39 is 29.7 Å². The number of fused-ring (bicyclic) bond motifs is 11. The van der Waals surface area contributed by atoms with Crippen LogP contribution in [0.2, 0.25) is 0 Å². The summed E-state index contributed by atoms with van der Waals surface area (Å²) < 4.78 is 5.83. The van der Waals surface area contributed by atoms with E-state index in [0.717, 1.165) is 16.7 Å². The van der Waals surface area contributed by atoms with E-state index in [9.17, 15) is 24.4 Å². The molecule has 2 aliphatic heterocycles. The highest BCUT2D eigenvalue weighted by Crippen LogP contribution is 2.27. The van der Waals surface area contributed by atoms with Crippen LogP contribution in [0, 0.1) is 23.3 Å². The number of nitrogens with one attached hydrogen (secondary N) is 5. The Morgan fingerprint density at radius 3 is 2.28 bits per heavy atom. The van der Waals surface area contributed by atoms with E-state index in [1.54, 1.807) is 11.5 Å². The number of nitrogens with zero attached hydrogens (tertiary/aromatic N) is 2. The molecule has 2 bridgehead atoms. The Hall–Kier alpha value is -5.17. The molecule has 3 atom stereocenters. The molecule has 5 rings (SSSR count). The molecule has 2 aliphatic rings. The molecule has 2 aromatic carbocycles. The molecule has 0 spiro atoms. The third-order valence-electron chi connectivity index (χ3n) is 7.99. The monoisotopic (exact) mass is 643 g/mol. The van der Waals surface area contributed by atoms with Gasteiger partial charge in [-0.1, -0.05) is 50.2 Å². The number of aromatic nitrogens is 1. The molecular formula is C34H41N7O6. The number of hydrogen-bond acceptors (Lipinski definition) is 9. The molecule has 6 N–H and O–H groups in total. The Bertz CT molecular complexity index is 1530. The summed E-state index contributed by atoms with van der Waals surface area (Å²) in [6.45, 7) is 4.74. The second-order valence-corrected chi connectivity index (χ2v) is 12.0. The van der Waals surface area contributed by atoms with Gasteiger partial charge in [0, 0.05) is 31.6 Å². The van der Waals surface area contributed by atoms with Gasteiger partial charge >= 0.3 is 0 Å². The molecular weight excluding hydrogens is 602 g/mol. The van der Waals surface area contributed by atoms with Gasteiger partial charge in [-0.2, -0.15) is 0 Å². The molecule has 0 radical (unpaired) electrons. The van der Waals surface area contributed by atoms with Crippen molar-refractivity contribution in [2.24, 2.45) is 22.9 Å². The minimum Gasteiger partial charge on any atom is -0.494 e. The van der Waals surface area contributed by atoms with E-state index in [1.165, 1.54) is 12.3 Å². The fourth-order valence-corrected chi connectivity index (χ4v) is 5.46. The van der Waals surface area contributed by atoms with Crippen molar-refractivity contribution >= 4 is 29.4 Å². The Kier molecular flexibility index (Phi) is 12.5. The van der Waals surface area contributed by atoms with Crippen molar-refractivity contribution in [2.45, 2.75) is 58.7 Å². The van der Waals surface area contributed by atoms with Crippen LogP contribution in [0.3, 0.4) is 0 Å². The first-order valence-corrected chi connectivity index (χ1v) is 15.6. The second-order valence-electron chi connectivity index (χ2n) is 12.0. The van der Waals surface area contributed by atoms with Crippen LogP contribution in [-0.2, 0) is 33.9 Å². The quantitative estimate of drug-likeness (QED) is 0.109. The fraction of sp³-hybridized carbons (Fsp3) is 0.382. The van der Waals surface area contributed by atoms with Crippen molar-refractivity contribution in [1.29, 1.82) is 5.53 Å². The van der Waals surface area contributed by atoms with Crippen molar-refractivity contribution in [1.82, 2.24) is 26.4 Å². The van der Waals surface area contributed by atoms with Crippen LogP contribution < -0.4 is 26.2 Å². The molecule has 0 saturated carbocycles. The molecule has 4 amide bonds. The van der Waals surface area contributed by atoms with Crippen molar-refractivity contribution < 1.29 is 29.1 Å². The third-order valence-corrected chi connectivity index (χ3v) is 7.99. The highest BCUT2D eigenvalue weighted by molar-refractivity contribution is 5.94. The van der Waals surface area contributed by atoms with Crippen molar-refractivity contribution in [3.63, 3.8) is 0 Å². The van der Waals surface area contributed by atoms with Crippen LogP contribution in [0.4, 0.5) is 5.82 Å². The maximum atomic E-state index is 13.7. The Morgan fingerprint density at radius 2 is 1.68 bits per heavy atom. The third kappa shape index (κ3) is 10.2. The maximum Gasteiger partial charge on any atom is 0.253 e.